The highest BCUT2D eigenvalue weighted by Crippen LogP contribution is 2.31. The lowest BCUT2D eigenvalue weighted by molar-refractivity contribution is 0.590. The van der Waals surface area contributed by atoms with Gasteiger partial charge in [-0.3, -0.25) is 0 Å². The summed E-state index contributed by atoms with van der Waals surface area (Å²) in [4.78, 5) is 7.90. The second kappa shape index (κ2) is 4.72. The van der Waals surface area contributed by atoms with Gasteiger partial charge in [-0.1, -0.05) is 24.3 Å². The predicted octanol–water partition coefficient (Wildman–Crippen LogP) is 3.11. The molecule has 0 fully saturated rings. The first-order valence-electron chi connectivity index (χ1n) is 6.15. The van der Waals surface area contributed by atoms with Crippen LogP contribution < -0.4 is 5.32 Å². The van der Waals surface area contributed by atoms with Crippen LogP contribution in [0.1, 0.15) is 30.0 Å². The molecule has 1 aromatic heterocycles. The number of fused-ring (bicyclic) bond motifs is 1. The third-order valence-corrected chi connectivity index (χ3v) is 3.29. The van der Waals surface area contributed by atoms with E-state index in [-0.39, 0.29) is 6.04 Å². The largest absolute Gasteiger partial charge is 0.347 e. The Hall–Kier alpha value is -1.97. The summed E-state index contributed by atoms with van der Waals surface area (Å²) in [7, 11) is 0. The molecule has 1 unspecified atom stereocenters. The second-order valence-corrected chi connectivity index (χ2v) is 4.51. The number of hydrogen-bond donors (Lipinski definition) is 1. The van der Waals surface area contributed by atoms with Crippen molar-refractivity contribution in [3.8, 4) is 0 Å². The van der Waals surface area contributed by atoms with E-state index in [0.717, 1.165) is 19.3 Å². The predicted molar refractivity (Wildman–Crippen MR) is 67.7 cm³/mol. The van der Waals surface area contributed by atoms with Crippen LogP contribution in [-0.4, -0.2) is 9.97 Å². The number of nitrogens with zero attached hydrogens (tertiary/aromatic N) is 2. The van der Waals surface area contributed by atoms with Crippen LogP contribution in [0.25, 0.3) is 0 Å². The fourth-order valence-corrected chi connectivity index (χ4v) is 2.45. The lowest BCUT2D eigenvalue weighted by atomic mass is 9.88. The molecule has 3 nitrogen and oxygen atoms in total. The van der Waals surface area contributed by atoms with Crippen molar-refractivity contribution in [2.75, 3.05) is 5.32 Å². The van der Waals surface area contributed by atoms with Crippen LogP contribution in [0.5, 0.6) is 0 Å². The van der Waals surface area contributed by atoms with E-state index in [9.17, 15) is 4.39 Å². The van der Waals surface area contributed by atoms with Gasteiger partial charge >= 0.3 is 0 Å². The number of aromatic nitrogens is 2. The van der Waals surface area contributed by atoms with Crippen LogP contribution in [0.4, 0.5) is 10.3 Å². The van der Waals surface area contributed by atoms with Crippen molar-refractivity contribution in [1.82, 2.24) is 9.97 Å². The molecular weight excluding hydrogens is 229 g/mol. The molecule has 1 atom stereocenters. The molecule has 0 aliphatic heterocycles. The molecule has 1 heterocycles. The van der Waals surface area contributed by atoms with Crippen LogP contribution >= 0.6 is 0 Å². The third-order valence-electron chi connectivity index (χ3n) is 3.29. The summed E-state index contributed by atoms with van der Waals surface area (Å²) in [5.74, 6) is 0.0719. The number of benzene rings is 1. The molecule has 0 radical (unpaired) electrons. The zero-order chi connectivity index (χ0) is 12.4. The van der Waals surface area contributed by atoms with Gasteiger partial charge in [0.2, 0.25) is 5.95 Å². The Labute approximate surface area is 105 Å². The quantitative estimate of drug-likeness (QED) is 0.880. The Balaban J connectivity index is 1.84. The number of hydrogen-bond acceptors (Lipinski definition) is 3. The standard InChI is InChI=1S/C14H14FN3/c15-11-8-16-14(17-9-11)18-13-7-3-5-10-4-1-2-6-12(10)13/h1-2,4,6,8-9,13H,3,5,7H2,(H,16,17,18). The monoisotopic (exact) mass is 243 g/mol. The molecule has 1 aliphatic rings. The number of nitrogens with one attached hydrogen (secondary N) is 1. The Morgan fingerprint density at radius 3 is 2.78 bits per heavy atom. The third kappa shape index (κ3) is 2.18. The molecule has 4 heteroatoms. The molecule has 2 aromatic rings. The Kier molecular flexibility index (Phi) is 2.92. The summed E-state index contributed by atoms with van der Waals surface area (Å²) in [6.07, 6.45) is 5.69. The van der Waals surface area contributed by atoms with Gasteiger partial charge in [0.25, 0.3) is 0 Å². The van der Waals surface area contributed by atoms with E-state index in [1.165, 1.54) is 23.5 Å². The van der Waals surface area contributed by atoms with Crippen molar-refractivity contribution in [3.63, 3.8) is 0 Å². The minimum Gasteiger partial charge on any atom is -0.347 e. The number of rotatable bonds is 2. The highest BCUT2D eigenvalue weighted by molar-refractivity contribution is 5.38. The maximum absolute atomic E-state index is 12.8. The molecule has 18 heavy (non-hydrogen) atoms. The highest BCUT2D eigenvalue weighted by atomic mass is 19.1. The molecule has 0 saturated carbocycles. The molecular formula is C14H14FN3. The van der Waals surface area contributed by atoms with Crippen molar-refractivity contribution < 1.29 is 4.39 Å². The van der Waals surface area contributed by atoms with Gasteiger partial charge in [0.15, 0.2) is 5.82 Å². The fourth-order valence-electron chi connectivity index (χ4n) is 2.45. The van der Waals surface area contributed by atoms with E-state index in [2.05, 4.69) is 33.5 Å². The van der Waals surface area contributed by atoms with Crippen LogP contribution in [0, 0.1) is 5.82 Å². The number of halogens is 1. The average Bonchev–Trinajstić information content (AvgIpc) is 2.42. The average molecular weight is 243 g/mol. The van der Waals surface area contributed by atoms with Gasteiger partial charge in [-0.2, -0.15) is 0 Å². The minimum absolute atomic E-state index is 0.223. The normalized spacial score (nSPS) is 18.2. The molecule has 1 N–H and O–H groups in total. The van der Waals surface area contributed by atoms with Crippen molar-refractivity contribution in [2.24, 2.45) is 0 Å². The lowest BCUT2D eigenvalue weighted by Gasteiger charge is -2.26. The van der Waals surface area contributed by atoms with E-state index in [1.807, 2.05) is 6.07 Å². The summed E-state index contributed by atoms with van der Waals surface area (Å²) in [5.41, 5.74) is 2.68. The van der Waals surface area contributed by atoms with E-state index in [1.54, 1.807) is 0 Å². The molecule has 92 valence electrons. The van der Waals surface area contributed by atoms with Gasteiger partial charge < -0.3 is 5.32 Å². The van der Waals surface area contributed by atoms with Crippen LogP contribution in [0.15, 0.2) is 36.7 Å². The Morgan fingerprint density at radius 1 is 1.17 bits per heavy atom. The van der Waals surface area contributed by atoms with E-state index in [4.69, 9.17) is 0 Å². The molecule has 1 aromatic carbocycles. The lowest BCUT2D eigenvalue weighted by Crippen LogP contribution is -2.18. The fraction of sp³-hybridized carbons (Fsp3) is 0.286. The molecule has 0 bridgehead atoms. The minimum atomic E-state index is -0.412. The Morgan fingerprint density at radius 2 is 1.94 bits per heavy atom. The Bertz CT molecular complexity index is 539. The first-order chi connectivity index (χ1) is 8.83. The second-order valence-electron chi connectivity index (χ2n) is 4.51. The molecule has 3 rings (SSSR count). The van der Waals surface area contributed by atoms with Crippen LogP contribution in [0.2, 0.25) is 0 Å². The van der Waals surface area contributed by atoms with Crippen LogP contribution in [0.3, 0.4) is 0 Å². The smallest absolute Gasteiger partial charge is 0.223 e. The number of anilines is 1. The molecule has 1 aliphatic carbocycles. The highest BCUT2D eigenvalue weighted by Gasteiger charge is 2.20. The summed E-state index contributed by atoms with van der Waals surface area (Å²) < 4.78 is 12.8. The van der Waals surface area contributed by atoms with Crippen molar-refractivity contribution in [2.45, 2.75) is 25.3 Å². The van der Waals surface area contributed by atoms with Gasteiger partial charge in [-0.05, 0) is 30.4 Å². The van der Waals surface area contributed by atoms with Gasteiger partial charge in [0, 0.05) is 0 Å². The zero-order valence-corrected chi connectivity index (χ0v) is 9.94. The topological polar surface area (TPSA) is 37.8 Å². The van der Waals surface area contributed by atoms with Gasteiger partial charge in [0.05, 0.1) is 18.4 Å². The molecule has 0 saturated heterocycles. The summed E-state index contributed by atoms with van der Waals surface area (Å²) >= 11 is 0. The maximum atomic E-state index is 12.8. The molecule has 0 spiro atoms. The first kappa shape index (κ1) is 11.1. The van der Waals surface area contributed by atoms with Gasteiger partial charge in [-0.25, -0.2) is 14.4 Å². The zero-order valence-electron chi connectivity index (χ0n) is 9.94. The van der Waals surface area contributed by atoms with Gasteiger partial charge in [0.1, 0.15) is 0 Å². The van der Waals surface area contributed by atoms with E-state index in [0.29, 0.717) is 5.95 Å². The molecule has 0 amide bonds. The summed E-state index contributed by atoms with van der Waals surface area (Å²) in [6.45, 7) is 0. The summed E-state index contributed by atoms with van der Waals surface area (Å²) in [5, 5.41) is 3.28. The summed E-state index contributed by atoms with van der Waals surface area (Å²) in [6, 6.07) is 8.63. The SMILES string of the molecule is Fc1cnc(NC2CCCc3ccccc32)nc1. The number of aryl methyl sites for hydroxylation is 1. The van der Waals surface area contributed by atoms with Crippen molar-refractivity contribution in [3.05, 3.63) is 53.6 Å². The van der Waals surface area contributed by atoms with Crippen molar-refractivity contribution in [1.29, 1.82) is 0 Å². The van der Waals surface area contributed by atoms with Crippen LogP contribution in [-0.2, 0) is 6.42 Å². The van der Waals surface area contributed by atoms with E-state index >= 15 is 0 Å². The first-order valence-corrected chi connectivity index (χ1v) is 6.15. The van der Waals surface area contributed by atoms with Crippen molar-refractivity contribution >= 4 is 5.95 Å². The van der Waals surface area contributed by atoms with E-state index < -0.39 is 5.82 Å². The maximum Gasteiger partial charge on any atom is 0.223 e. The van der Waals surface area contributed by atoms with Gasteiger partial charge in [-0.15, -0.1) is 0 Å².